The molecule has 0 aromatic heterocycles. The van der Waals surface area contributed by atoms with E-state index in [4.69, 9.17) is 21.6 Å². The summed E-state index contributed by atoms with van der Waals surface area (Å²) in [4.78, 5) is 14.7. The first-order valence-electron chi connectivity index (χ1n) is 7.89. The maximum atomic E-state index is 12.9. The van der Waals surface area contributed by atoms with Crippen molar-refractivity contribution in [1.82, 2.24) is 4.90 Å². The Morgan fingerprint density at radius 2 is 1.88 bits per heavy atom. The minimum absolute atomic E-state index is 0.0564. The van der Waals surface area contributed by atoms with E-state index in [-0.39, 0.29) is 5.91 Å². The van der Waals surface area contributed by atoms with Gasteiger partial charge in [-0.2, -0.15) is 5.26 Å². The molecule has 0 spiro atoms. The number of nitriles is 1. The van der Waals surface area contributed by atoms with Crippen LogP contribution in [0.3, 0.4) is 0 Å². The van der Waals surface area contributed by atoms with E-state index in [9.17, 15) is 4.79 Å². The molecule has 0 N–H and O–H groups in total. The number of likely N-dealkylation sites (tertiary alicyclic amines) is 1. The number of benzene rings is 2. The molecule has 1 aliphatic heterocycles. The quantitative estimate of drug-likeness (QED) is 0.846. The second-order valence-electron chi connectivity index (χ2n) is 5.70. The van der Waals surface area contributed by atoms with Gasteiger partial charge in [0.25, 0.3) is 5.91 Å². The standard InChI is InChI=1S/C19H17ClN2O2/c20-16-12-14(13-21)8-9-17(16)24-18(15-6-2-1-3-7-15)19(23)22-10-4-5-11-22/h1-3,6-9,12,18H,4-5,10-11H2/t18-/m1/s1. The minimum atomic E-state index is -0.741. The number of hydrogen-bond acceptors (Lipinski definition) is 3. The van der Waals surface area contributed by atoms with Crippen molar-refractivity contribution in [3.63, 3.8) is 0 Å². The van der Waals surface area contributed by atoms with Gasteiger partial charge in [-0.15, -0.1) is 0 Å². The lowest BCUT2D eigenvalue weighted by Gasteiger charge is -2.24. The lowest BCUT2D eigenvalue weighted by Crippen LogP contribution is -2.35. The summed E-state index contributed by atoms with van der Waals surface area (Å²) >= 11 is 6.20. The first-order chi connectivity index (χ1) is 11.7. The molecule has 1 heterocycles. The second kappa shape index (κ2) is 7.37. The number of ether oxygens (including phenoxy) is 1. The summed E-state index contributed by atoms with van der Waals surface area (Å²) in [6.07, 6.45) is 1.30. The Morgan fingerprint density at radius 3 is 2.50 bits per heavy atom. The molecule has 3 rings (SSSR count). The average molecular weight is 341 g/mol. The van der Waals surface area contributed by atoms with E-state index in [1.165, 1.54) is 0 Å². The number of halogens is 1. The summed E-state index contributed by atoms with van der Waals surface area (Å²) in [7, 11) is 0. The van der Waals surface area contributed by atoms with Crippen LogP contribution in [0.15, 0.2) is 48.5 Å². The van der Waals surface area contributed by atoms with Gasteiger partial charge in [0.15, 0.2) is 0 Å². The predicted octanol–water partition coefficient (Wildman–Crippen LogP) is 3.95. The van der Waals surface area contributed by atoms with Crippen molar-refractivity contribution < 1.29 is 9.53 Å². The lowest BCUT2D eigenvalue weighted by atomic mass is 10.1. The zero-order valence-electron chi connectivity index (χ0n) is 13.1. The Balaban J connectivity index is 1.90. The Labute approximate surface area is 146 Å². The summed E-state index contributed by atoms with van der Waals surface area (Å²) < 4.78 is 5.97. The lowest BCUT2D eigenvalue weighted by molar-refractivity contribution is -0.137. The molecular weight excluding hydrogens is 324 g/mol. The highest BCUT2D eigenvalue weighted by molar-refractivity contribution is 6.32. The van der Waals surface area contributed by atoms with E-state index in [0.29, 0.717) is 16.3 Å². The smallest absolute Gasteiger partial charge is 0.268 e. The molecule has 1 fully saturated rings. The van der Waals surface area contributed by atoms with E-state index in [1.807, 2.05) is 41.3 Å². The van der Waals surface area contributed by atoms with Gasteiger partial charge in [0.2, 0.25) is 6.10 Å². The van der Waals surface area contributed by atoms with E-state index in [2.05, 4.69) is 0 Å². The molecule has 1 atom stereocenters. The Hall–Kier alpha value is -2.51. The summed E-state index contributed by atoms with van der Waals surface area (Å²) in [5.74, 6) is 0.344. The van der Waals surface area contributed by atoms with Gasteiger partial charge in [-0.1, -0.05) is 41.9 Å². The SMILES string of the molecule is N#Cc1ccc(O[C@@H](C(=O)N2CCCC2)c2ccccc2)c(Cl)c1. The summed E-state index contributed by atoms with van der Waals surface area (Å²) in [6.45, 7) is 1.51. The number of rotatable bonds is 4. The molecule has 1 saturated heterocycles. The first kappa shape index (κ1) is 16.4. The topological polar surface area (TPSA) is 53.3 Å². The van der Waals surface area contributed by atoms with Gasteiger partial charge in [0, 0.05) is 18.7 Å². The van der Waals surface area contributed by atoms with Crippen molar-refractivity contribution in [3.05, 3.63) is 64.7 Å². The van der Waals surface area contributed by atoms with E-state index >= 15 is 0 Å². The molecule has 0 bridgehead atoms. The van der Waals surface area contributed by atoms with E-state index in [1.54, 1.807) is 18.2 Å². The molecule has 2 aromatic carbocycles. The number of carbonyl (C=O) groups excluding carboxylic acids is 1. The monoisotopic (exact) mass is 340 g/mol. The van der Waals surface area contributed by atoms with Crippen molar-refractivity contribution in [2.75, 3.05) is 13.1 Å². The third-order valence-electron chi connectivity index (χ3n) is 4.05. The van der Waals surface area contributed by atoms with Gasteiger partial charge in [-0.25, -0.2) is 0 Å². The number of nitrogens with zero attached hydrogens (tertiary/aromatic N) is 2. The van der Waals surface area contributed by atoms with Crippen LogP contribution in [0.1, 0.15) is 30.1 Å². The van der Waals surface area contributed by atoms with Gasteiger partial charge in [0.1, 0.15) is 5.75 Å². The molecule has 24 heavy (non-hydrogen) atoms. The van der Waals surface area contributed by atoms with E-state index in [0.717, 1.165) is 31.5 Å². The summed E-state index contributed by atoms with van der Waals surface area (Å²) in [5.41, 5.74) is 1.24. The average Bonchev–Trinajstić information content (AvgIpc) is 3.15. The molecular formula is C19H17ClN2O2. The van der Waals surface area contributed by atoms with Crippen LogP contribution in [0.25, 0.3) is 0 Å². The van der Waals surface area contributed by atoms with Gasteiger partial charge in [-0.3, -0.25) is 4.79 Å². The normalized spacial score (nSPS) is 14.9. The maximum Gasteiger partial charge on any atom is 0.268 e. The number of hydrogen-bond donors (Lipinski definition) is 0. The van der Waals surface area contributed by atoms with Gasteiger partial charge < -0.3 is 9.64 Å². The fraction of sp³-hybridized carbons (Fsp3) is 0.263. The molecule has 1 amide bonds. The molecule has 4 nitrogen and oxygen atoms in total. The van der Waals surface area contributed by atoms with Crippen LogP contribution < -0.4 is 4.74 Å². The minimum Gasteiger partial charge on any atom is -0.474 e. The van der Waals surface area contributed by atoms with Crippen LogP contribution in [0.4, 0.5) is 0 Å². The molecule has 2 aromatic rings. The Bertz CT molecular complexity index is 765. The van der Waals surface area contributed by atoms with Crippen molar-refractivity contribution >= 4 is 17.5 Å². The van der Waals surface area contributed by atoms with Gasteiger partial charge in [-0.05, 0) is 31.0 Å². The second-order valence-corrected chi connectivity index (χ2v) is 6.11. The molecule has 0 aliphatic carbocycles. The zero-order chi connectivity index (χ0) is 16.9. The highest BCUT2D eigenvalue weighted by Crippen LogP contribution is 2.31. The van der Waals surface area contributed by atoms with Gasteiger partial charge in [0.05, 0.1) is 16.7 Å². The molecule has 1 aliphatic rings. The molecule has 5 heteroatoms. The number of amides is 1. The highest BCUT2D eigenvalue weighted by atomic mass is 35.5. The van der Waals surface area contributed by atoms with Crippen LogP contribution in [0.5, 0.6) is 5.75 Å². The molecule has 0 radical (unpaired) electrons. The third-order valence-corrected chi connectivity index (χ3v) is 4.35. The number of carbonyl (C=O) groups is 1. The fourth-order valence-electron chi connectivity index (χ4n) is 2.79. The van der Waals surface area contributed by atoms with Crippen molar-refractivity contribution in [2.45, 2.75) is 18.9 Å². The van der Waals surface area contributed by atoms with Crippen molar-refractivity contribution in [3.8, 4) is 11.8 Å². The van der Waals surface area contributed by atoms with E-state index < -0.39 is 6.10 Å². The largest absolute Gasteiger partial charge is 0.474 e. The summed E-state index contributed by atoms with van der Waals surface area (Å²) in [5, 5.41) is 9.26. The van der Waals surface area contributed by atoms with Crippen LogP contribution in [0, 0.1) is 11.3 Å². The predicted molar refractivity (Wildman–Crippen MR) is 91.8 cm³/mol. The zero-order valence-corrected chi connectivity index (χ0v) is 13.9. The van der Waals surface area contributed by atoms with Crippen LogP contribution in [-0.4, -0.2) is 23.9 Å². The maximum absolute atomic E-state index is 12.9. The van der Waals surface area contributed by atoms with Crippen molar-refractivity contribution in [1.29, 1.82) is 5.26 Å². The first-order valence-corrected chi connectivity index (χ1v) is 8.27. The molecule has 0 saturated carbocycles. The molecule has 122 valence electrons. The van der Waals surface area contributed by atoms with Crippen LogP contribution in [-0.2, 0) is 4.79 Å². The fourth-order valence-corrected chi connectivity index (χ4v) is 3.01. The Kier molecular flexibility index (Phi) is 5.02. The van der Waals surface area contributed by atoms with Crippen molar-refractivity contribution in [2.24, 2.45) is 0 Å². The third kappa shape index (κ3) is 3.52. The molecule has 0 unspecified atom stereocenters. The van der Waals surface area contributed by atoms with Crippen LogP contribution in [0.2, 0.25) is 5.02 Å². The van der Waals surface area contributed by atoms with Crippen LogP contribution >= 0.6 is 11.6 Å². The Morgan fingerprint density at radius 1 is 1.17 bits per heavy atom. The highest BCUT2D eigenvalue weighted by Gasteiger charge is 2.30. The summed E-state index contributed by atoms with van der Waals surface area (Å²) in [6, 6.07) is 16.2. The van der Waals surface area contributed by atoms with Gasteiger partial charge >= 0.3 is 0 Å².